The van der Waals surface area contributed by atoms with Gasteiger partial charge in [-0.2, -0.15) is 4.58 Å². The number of benzene rings is 3. The summed E-state index contributed by atoms with van der Waals surface area (Å²) in [5.41, 5.74) is 13.5. The lowest BCUT2D eigenvalue weighted by Crippen LogP contribution is -2.29. The van der Waals surface area contributed by atoms with E-state index < -0.39 is 0 Å². The largest absolute Gasteiger partial charge is 0.377 e. The van der Waals surface area contributed by atoms with E-state index in [1.54, 1.807) is 0 Å². The van der Waals surface area contributed by atoms with Gasteiger partial charge in [-0.25, -0.2) is 0 Å². The van der Waals surface area contributed by atoms with Gasteiger partial charge >= 0.3 is 0 Å². The van der Waals surface area contributed by atoms with Crippen LogP contribution in [0.2, 0.25) is 0 Å². The molecule has 0 aromatic heterocycles. The second-order valence-corrected chi connectivity index (χ2v) is 14.6. The molecule has 0 saturated heterocycles. The fraction of sp³-hybridized carbons (Fsp3) is 0.395. The average Bonchev–Trinajstić information content (AvgIpc) is 3.63. The highest BCUT2D eigenvalue weighted by Gasteiger charge is 2.43. The maximum atomic E-state index is 7.08. The summed E-state index contributed by atoms with van der Waals surface area (Å²) < 4.78 is 19.8. The molecule has 6 rings (SSSR count). The van der Waals surface area contributed by atoms with E-state index in [0.717, 1.165) is 30.1 Å². The van der Waals surface area contributed by atoms with Gasteiger partial charge in [-0.1, -0.05) is 84.4 Å². The first kappa shape index (κ1) is 35.1. The number of hydrogen-bond donors (Lipinski definition) is 0. The number of nitrogens with zero attached hydrogens (tertiary/aromatic N) is 2. The molecule has 0 spiro atoms. The van der Waals surface area contributed by atoms with E-state index >= 15 is 0 Å². The standard InChI is InChI=1S/C43H50ClN2O3/c1-42(2)35-15-9-11-17-37(35)45(5)39(42)23-21-33-19-20-34(41(33)44)22-24-40-43(3,4)36-16-10-12-18-38(36)46(40)25-26-47-27-28-48-29-30-49-31-32-13-7-6-8-14-32/h6-18,21-23,34H,19-20,25-31H2,1-5H3/q+1/b23-21+. The molecule has 2 aliphatic heterocycles. The minimum absolute atomic E-state index is 0.0575. The van der Waals surface area contributed by atoms with Gasteiger partial charge in [0.2, 0.25) is 5.69 Å². The molecule has 0 N–H and O–H groups in total. The predicted molar refractivity (Wildman–Crippen MR) is 201 cm³/mol. The number of hydrogen-bond acceptors (Lipinski definition) is 4. The number of allylic oxidation sites excluding steroid dienone is 5. The number of rotatable bonds is 14. The molecule has 0 saturated carbocycles. The summed E-state index contributed by atoms with van der Waals surface area (Å²) in [5, 5.41) is 0.926. The molecule has 6 heteroatoms. The van der Waals surface area contributed by atoms with Crippen molar-refractivity contribution in [2.45, 2.75) is 58.0 Å². The van der Waals surface area contributed by atoms with E-state index in [2.05, 4.69) is 129 Å². The van der Waals surface area contributed by atoms with Crippen molar-refractivity contribution in [1.82, 2.24) is 0 Å². The van der Waals surface area contributed by atoms with Crippen LogP contribution in [0.5, 0.6) is 0 Å². The van der Waals surface area contributed by atoms with E-state index in [1.165, 1.54) is 39.3 Å². The number of halogens is 1. The lowest BCUT2D eigenvalue weighted by molar-refractivity contribution is -0.401. The van der Waals surface area contributed by atoms with Gasteiger partial charge in [-0.3, -0.25) is 0 Å². The molecule has 2 heterocycles. The van der Waals surface area contributed by atoms with Crippen molar-refractivity contribution in [1.29, 1.82) is 0 Å². The van der Waals surface area contributed by atoms with E-state index in [4.69, 9.17) is 25.8 Å². The third-order valence-electron chi connectivity index (χ3n) is 10.2. The van der Waals surface area contributed by atoms with Crippen molar-refractivity contribution >= 4 is 28.7 Å². The first-order valence-electron chi connectivity index (χ1n) is 17.6. The quantitative estimate of drug-likeness (QED) is 0.0968. The predicted octanol–water partition coefficient (Wildman–Crippen LogP) is 9.24. The second-order valence-electron chi connectivity index (χ2n) is 14.2. The molecule has 3 aromatic carbocycles. The van der Waals surface area contributed by atoms with Gasteiger partial charge in [0, 0.05) is 46.3 Å². The van der Waals surface area contributed by atoms with E-state index in [1.807, 2.05) is 18.2 Å². The molecule has 256 valence electrons. The van der Waals surface area contributed by atoms with Crippen LogP contribution >= 0.6 is 11.6 Å². The molecular formula is C43H50ClN2O3+. The van der Waals surface area contributed by atoms with Crippen LogP contribution in [0.1, 0.15) is 57.2 Å². The number of ether oxygens (including phenoxy) is 3. The number of para-hydroxylation sites is 2. The van der Waals surface area contributed by atoms with Gasteiger partial charge in [0.1, 0.15) is 7.05 Å². The van der Waals surface area contributed by atoms with Gasteiger partial charge in [0.05, 0.1) is 50.8 Å². The topological polar surface area (TPSA) is 33.9 Å². The Labute approximate surface area is 297 Å². The Morgan fingerprint density at radius 3 is 2.20 bits per heavy atom. The zero-order valence-electron chi connectivity index (χ0n) is 29.7. The van der Waals surface area contributed by atoms with Crippen LogP contribution in [0.4, 0.5) is 11.4 Å². The van der Waals surface area contributed by atoms with Gasteiger partial charge in [-0.15, -0.1) is 5.73 Å². The summed E-state index contributed by atoms with van der Waals surface area (Å²) >= 11 is 7.08. The summed E-state index contributed by atoms with van der Waals surface area (Å²) in [7, 11) is 2.16. The van der Waals surface area contributed by atoms with Crippen molar-refractivity contribution in [3.05, 3.63) is 136 Å². The van der Waals surface area contributed by atoms with Gasteiger partial charge in [-0.05, 0) is 69.4 Å². The highest BCUT2D eigenvalue weighted by Crippen LogP contribution is 2.47. The summed E-state index contributed by atoms with van der Waals surface area (Å²) in [5.74, 6) is 0.150. The molecular weight excluding hydrogens is 628 g/mol. The van der Waals surface area contributed by atoms with Crippen LogP contribution < -0.4 is 4.90 Å². The SMILES string of the molecule is C[N+]1=C(/C=C/C2=C(Cl)C(C=C=C3N(CCOCCOCCOCc4ccccc4)c4ccccc4C3(C)C)CC2)C(C)(C)c2ccccc21. The Hall–Kier alpha value is -3.70. The summed E-state index contributed by atoms with van der Waals surface area (Å²) in [4.78, 5) is 2.36. The summed E-state index contributed by atoms with van der Waals surface area (Å²) in [6.07, 6.45) is 8.65. The van der Waals surface area contributed by atoms with Crippen LogP contribution in [-0.4, -0.2) is 56.9 Å². The molecule has 3 aliphatic rings. The molecule has 0 radical (unpaired) electrons. The van der Waals surface area contributed by atoms with Crippen molar-refractivity contribution in [2.24, 2.45) is 5.92 Å². The van der Waals surface area contributed by atoms with E-state index in [-0.39, 0.29) is 16.7 Å². The van der Waals surface area contributed by atoms with E-state index in [9.17, 15) is 0 Å². The molecule has 1 aliphatic carbocycles. The Balaban J connectivity index is 1.07. The van der Waals surface area contributed by atoms with Crippen molar-refractivity contribution < 1.29 is 18.8 Å². The number of anilines is 1. The Bertz CT molecular complexity index is 1800. The first-order chi connectivity index (χ1) is 23.7. The fourth-order valence-electron chi connectivity index (χ4n) is 7.45. The van der Waals surface area contributed by atoms with Crippen molar-refractivity contribution in [3.8, 4) is 0 Å². The second kappa shape index (κ2) is 15.5. The lowest BCUT2D eigenvalue weighted by atomic mass is 9.81. The molecule has 1 unspecified atom stereocenters. The molecule has 0 bridgehead atoms. The van der Waals surface area contributed by atoms with Crippen LogP contribution in [0.25, 0.3) is 0 Å². The molecule has 0 fully saturated rings. The maximum Gasteiger partial charge on any atom is 0.209 e. The van der Waals surface area contributed by atoms with Crippen LogP contribution in [0, 0.1) is 5.92 Å². The van der Waals surface area contributed by atoms with Crippen LogP contribution in [0.15, 0.2) is 119 Å². The van der Waals surface area contributed by atoms with E-state index in [0.29, 0.717) is 39.6 Å². The lowest BCUT2D eigenvalue weighted by Gasteiger charge is -2.25. The first-order valence-corrected chi connectivity index (χ1v) is 18.0. The monoisotopic (exact) mass is 677 g/mol. The normalized spacial score (nSPS) is 19.2. The highest BCUT2D eigenvalue weighted by atomic mass is 35.5. The van der Waals surface area contributed by atoms with Crippen LogP contribution in [-0.2, 0) is 31.6 Å². The third kappa shape index (κ3) is 7.57. The van der Waals surface area contributed by atoms with Crippen molar-refractivity contribution in [3.63, 3.8) is 0 Å². The maximum absolute atomic E-state index is 7.08. The van der Waals surface area contributed by atoms with Gasteiger partial charge < -0.3 is 19.1 Å². The minimum atomic E-state index is -0.183. The zero-order valence-corrected chi connectivity index (χ0v) is 30.4. The Kier molecular flexibility index (Phi) is 11.1. The van der Waals surface area contributed by atoms with Crippen LogP contribution in [0.3, 0.4) is 0 Å². The molecule has 0 amide bonds. The Morgan fingerprint density at radius 1 is 0.796 bits per heavy atom. The smallest absolute Gasteiger partial charge is 0.209 e. The summed E-state index contributed by atoms with van der Waals surface area (Å²) in [6.45, 7) is 13.3. The third-order valence-corrected chi connectivity index (χ3v) is 10.7. The van der Waals surface area contributed by atoms with Gasteiger partial charge in [0.15, 0.2) is 5.71 Å². The average molecular weight is 678 g/mol. The number of fused-ring (bicyclic) bond motifs is 2. The Morgan fingerprint density at radius 2 is 1.45 bits per heavy atom. The zero-order chi connectivity index (χ0) is 34.4. The summed E-state index contributed by atoms with van der Waals surface area (Å²) in [6, 6.07) is 27.5. The molecule has 3 aromatic rings. The molecule has 49 heavy (non-hydrogen) atoms. The minimum Gasteiger partial charge on any atom is -0.377 e. The molecule has 5 nitrogen and oxygen atoms in total. The van der Waals surface area contributed by atoms with Gasteiger partial charge in [0.25, 0.3) is 0 Å². The van der Waals surface area contributed by atoms with Crippen molar-refractivity contribution in [2.75, 3.05) is 51.5 Å². The molecule has 1 atom stereocenters. The fourth-order valence-corrected chi connectivity index (χ4v) is 7.78. The highest BCUT2D eigenvalue weighted by molar-refractivity contribution is 6.30.